The standard InChI is InChI=1S/C28H35NO6/c1-26(2,3)34-22(30)17-21-23(25(32)35-27(4,5)6)29(24(31)19-13-9-7-10-14-19)18-28(21,33)20-15-11-8-12-16-20/h7-16,21,23,33H,17-18H2,1-6H3/t21-,23+,28+/m1/s1. The highest BCUT2D eigenvalue weighted by Crippen LogP contribution is 2.44. The summed E-state index contributed by atoms with van der Waals surface area (Å²) < 4.78 is 11.2. The number of β-amino-alcohol motifs (C(OH)–C–C–N with tert-alkyl or cyclic N) is 1. The van der Waals surface area contributed by atoms with Crippen molar-refractivity contribution in [3.63, 3.8) is 0 Å². The van der Waals surface area contributed by atoms with Crippen molar-refractivity contribution in [1.29, 1.82) is 0 Å². The Hall–Kier alpha value is -3.19. The molecule has 1 aliphatic heterocycles. The number of rotatable bonds is 5. The lowest BCUT2D eigenvalue weighted by molar-refractivity contribution is -0.165. The molecule has 7 heteroatoms. The molecule has 35 heavy (non-hydrogen) atoms. The number of benzene rings is 2. The topological polar surface area (TPSA) is 93.1 Å². The number of carbonyl (C=O) groups is 3. The molecule has 1 aliphatic rings. The number of amides is 1. The van der Waals surface area contributed by atoms with Gasteiger partial charge in [-0.1, -0.05) is 48.5 Å². The van der Waals surface area contributed by atoms with Gasteiger partial charge in [0.05, 0.1) is 13.0 Å². The lowest BCUT2D eigenvalue weighted by atomic mass is 9.79. The Bertz CT molecular complexity index is 1050. The first-order chi connectivity index (χ1) is 16.2. The number of nitrogens with zero attached hydrogens (tertiary/aromatic N) is 1. The summed E-state index contributed by atoms with van der Waals surface area (Å²) in [6.07, 6.45) is -0.273. The van der Waals surface area contributed by atoms with E-state index in [1.807, 2.05) is 6.07 Å². The summed E-state index contributed by atoms with van der Waals surface area (Å²) >= 11 is 0. The molecule has 2 aromatic carbocycles. The zero-order valence-corrected chi connectivity index (χ0v) is 21.3. The minimum Gasteiger partial charge on any atom is -0.460 e. The smallest absolute Gasteiger partial charge is 0.329 e. The average Bonchev–Trinajstić information content (AvgIpc) is 3.05. The Morgan fingerprint density at radius 1 is 0.886 bits per heavy atom. The number of ether oxygens (including phenoxy) is 2. The highest BCUT2D eigenvalue weighted by Gasteiger charge is 2.58. The van der Waals surface area contributed by atoms with Crippen LogP contribution in [-0.4, -0.2) is 51.6 Å². The van der Waals surface area contributed by atoms with Gasteiger partial charge in [-0.05, 0) is 59.2 Å². The maximum absolute atomic E-state index is 13.6. The van der Waals surface area contributed by atoms with Crippen LogP contribution in [-0.2, 0) is 24.7 Å². The largest absolute Gasteiger partial charge is 0.460 e. The Labute approximate surface area is 207 Å². The third kappa shape index (κ3) is 6.28. The maximum atomic E-state index is 13.6. The van der Waals surface area contributed by atoms with Crippen LogP contribution in [0, 0.1) is 5.92 Å². The van der Waals surface area contributed by atoms with E-state index in [9.17, 15) is 19.5 Å². The molecular formula is C28H35NO6. The second kappa shape index (κ2) is 9.82. The van der Waals surface area contributed by atoms with Crippen LogP contribution in [0.1, 0.15) is 63.9 Å². The Morgan fingerprint density at radius 2 is 1.40 bits per heavy atom. The van der Waals surface area contributed by atoms with Gasteiger partial charge in [-0.25, -0.2) is 4.79 Å². The van der Waals surface area contributed by atoms with Crippen molar-refractivity contribution in [2.45, 2.75) is 70.8 Å². The van der Waals surface area contributed by atoms with Crippen molar-refractivity contribution in [1.82, 2.24) is 4.90 Å². The quantitative estimate of drug-likeness (QED) is 0.647. The summed E-state index contributed by atoms with van der Waals surface area (Å²) in [7, 11) is 0. The zero-order valence-electron chi connectivity index (χ0n) is 21.3. The molecule has 1 fully saturated rings. The Kier molecular flexibility index (Phi) is 7.41. The summed E-state index contributed by atoms with van der Waals surface area (Å²) in [6, 6.07) is 16.1. The molecule has 1 N–H and O–H groups in total. The second-order valence-electron chi connectivity index (χ2n) is 11.0. The molecule has 0 aliphatic carbocycles. The molecule has 2 aromatic rings. The van der Waals surface area contributed by atoms with Crippen LogP contribution >= 0.6 is 0 Å². The highest BCUT2D eigenvalue weighted by molar-refractivity contribution is 5.97. The van der Waals surface area contributed by atoms with E-state index in [1.54, 1.807) is 96.1 Å². The van der Waals surface area contributed by atoms with Gasteiger partial charge in [0.25, 0.3) is 5.91 Å². The molecule has 3 rings (SSSR count). The van der Waals surface area contributed by atoms with Crippen molar-refractivity contribution in [3.05, 3.63) is 71.8 Å². The van der Waals surface area contributed by atoms with Gasteiger partial charge < -0.3 is 19.5 Å². The first-order valence-electron chi connectivity index (χ1n) is 11.8. The van der Waals surface area contributed by atoms with E-state index in [4.69, 9.17) is 9.47 Å². The van der Waals surface area contributed by atoms with E-state index < -0.39 is 46.6 Å². The molecule has 7 nitrogen and oxygen atoms in total. The van der Waals surface area contributed by atoms with Crippen molar-refractivity contribution < 1.29 is 29.0 Å². The number of carbonyl (C=O) groups excluding carboxylic acids is 3. The molecule has 0 spiro atoms. The molecule has 0 radical (unpaired) electrons. The zero-order chi connectivity index (χ0) is 26.0. The highest BCUT2D eigenvalue weighted by atomic mass is 16.6. The van der Waals surface area contributed by atoms with Crippen LogP contribution < -0.4 is 0 Å². The van der Waals surface area contributed by atoms with Gasteiger partial charge in [0.2, 0.25) is 0 Å². The third-order valence-corrected chi connectivity index (χ3v) is 5.75. The second-order valence-corrected chi connectivity index (χ2v) is 11.0. The minimum absolute atomic E-state index is 0.178. The molecule has 0 bridgehead atoms. The van der Waals surface area contributed by atoms with Crippen LogP contribution in [0.25, 0.3) is 0 Å². The first-order valence-corrected chi connectivity index (χ1v) is 11.8. The first kappa shape index (κ1) is 26.4. The maximum Gasteiger partial charge on any atom is 0.329 e. The van der Waals surface area contributed by atoms with Crippen molar-refractivity contribution in [2.24, 2.45) is 5.92 Å². The van der Waals surface area contributed by atoms with Crippen LogP contribution in [0.15, 0.2) is 60.7 Å². The molecule has 188 valence electrons. The van der Waals surface area contributed by atoms with Gasteiger partial charge in [-0.15, -0.1) is 0 Å². The van der Waals surface area contributed by atoms with Crippen LogP contribution in [0.2, 0.25) is 0 Å². The average molecular weight is 482 g/mol. The molecule has 0 unspecified atom stereocenters. The number of esters is 2. The SMILES string of the molecule is CC(C)(C)OC(=O)C[C@@H]1[C@@H](C(=O)OC(C)(C)C)N(C(=O)c2ccccc2)C[C@]1(O)c1ccccc1. The van der Waals surface area contributed by atoms with E-state index >= 15 is 0 Å². The lowest BCUT2D eigenvalue weighted by Crippen LogP contribution is -2.47. The van der Waals surface area contributed by atoms with Crippen molar-refractivity contribution >= 4 is 17.8 Å². The lowest BCUT2D eigenvalue weighted by Gasteiger charge is -2.32. The van der Waals surface area contributed by atoms with Gasteiger partial charge in [0.1, 0.15) is 22.8 Å². The molecule has 0 saturated carbocycles. The number of hydrogen-bond donors (Lipinski definition) is 1. The van der Waals surface area contributed by atoms with E-state index in [1.165, 1.54) is 4.90 Å². The summed E-state index contributed by atoms with van der Waals surface area (Å²) in [5, 5.41) is 12.0. The molecule has 3 atom stereocenters. The summed E-state index contributed by atoms with van der Waals surface area (Å²) in [4.78, 5) is 41.4. The van der Waals surface area contributed by atoms with Gasteiger partial charge >= 0.3 is 11.9 Å². The fraction of sp³-hybridized carbons (Fsp3) is 0.464. The Morgan fingerprint density at radius 3 is 1.91 bits per heavy atom. The fourth-order valence-electron chi connectivity index (χ4n) is 4.43. The van der Waals surface area contributed by atoms with Gasteiger partial charge in [0, 0.05) is 11.5 Å². The molecule has 1 saturated heterocycles. The van der Waals surface area contributed by atoms with Gasteiger partial charge in [-0.2, -0.15) is 0 Å². The van der Waals surface area contributed by atoms with E-state index in [2.05, 4.69) is 0 Å². The summed E-state index contributed by atoms with van der Waals surface area (Å²) in [6.45, 7) is 10.3. The van der Waals surface area contributed by atoms with Crippen molar-refractivity contribution in [2.75, 3.05) is 6.54 Å². The molecule has 1 heterocycles. The van der Waals surface area contributed by atoms with Crippen LogP contribution in [0.3, 0.4) is 0 Å². The molecule has 0 aromatic heterocycles. The predicted octanol–water partition coefficient (Wildman–Crippen LogP) is 4.09. The number of hydrogen-bond acceptors (Lipinski definition) is 6. The molecular weight excluding hydrogens is 446 g/mol. The normalized spacial score (nSPS) is 22.5. The molecule has 1 amide bonds. The van der Waals surface area contributed by atoms with E-state index in [-0.39, 0.29) is 13.0 Å². The van der Waals surface area contributed by atoms with Gasteiger partial charge in [0.15, 0.2) is 0 Å². The van der Waals surface area contributed by atoms with Gasteiger partial charge in [-0.3, -0.25) is 9.59 Å². The van der Waals surface area contributed by atoms with E-state index in [0.29, 0.717) is 11.1 Å². The van der Waals surface area contributed by atoms with Crippen LogP contribution in [0.4, 0.5) is 0 Å². The van der Waals surface area contributed by atoms with E-state index in [0.717, 1.165) is 0 Å². The van der Waals surface area contributed by atoms with Crippen LogP contribution in [0.5, 0.6) is 0 Å². The monoisotopic (exact) mass is 481 g/mol. The minimum atomic E-state index is -1.68. The summed E-state index contributed by atoms with van der Waals surface area (Å²) in [5.74, 6) is -2.66. The van der Waals surface area contributed by atoms with Crippen molar-refractivity contribution in [3.8, 4) is 0 Å². The summed E-state index contributed by atoms with van der Waals surface area (Å²) in [5.41, 5.74) is -2.38. The predicted molar refractivity (Wildman–Crippen MR) is 131 cm³/mol. The Balaban J connectivity index is 2.11. The number of likely N-dealkylation sites (tertiary alicyclic amines) is 1. The number of aliphatic hydroxyl groups is 1. The third-order valence-electron chi connectivity index (χ3n) is 5.75. The fourth-order valence-corrected chi connectivity index (χ4v) is 4.43.